The van der Waals surface area contributed by atoms with Crippen molar-refractivity contribution in [1.29, 1.82) is 0 Å². The van der Waals surface area contributed by atoms with Crippen LogP contribution in [0.1, 0.15) is 49.2 Å². The molecule has 0 N–H and O–H groups in total. The minimum Gasteiger partial charge on any atom is -0.365 e. The van der Waals surface area contributed by atoms with Crippen LogP contribution in [0.5, 0.6) is 0 Å². The molecule has 1 aromatic heterocycles. The third-order valence-electron chi connectivity index (χ3n) is 4.59. The van der Waals surface area contributed by atoms with E-state index in [4.69, 9.17) is 4.52 Å². The summed E-state index contributed by atoms with van der Waals surface area (Å²) in [5.41, 5.74) is 0.827. The van der Waals surface area contributed by atoms with Gasteiger partial charge in [0.2, 0.25) is 5.89 Å². The Labute approximate surface area is 133 Å². The number of hydrogen-bond donors (Lipinski definition) is 0. The molecule has 0 amide bonds. The van der Waals surface area contributed by atoms with E-state index in [9.17, 15) is 10.1 Å². The minimum absolute atomic E-state index is 0.153. The number of aromatic nitrogens is 2. The number of nitrogens with zero attached hydrogens (tertiary/aromatic N) is 4. The Balaban J connectivity index is 1.55. The molecule has 1 saturated carbocycles. The highest BCUT2D eigenvalue weighted by Crippen LogP contribution is 2.40. The Bertz CT molecular complexity index is 726. The van der Waals surface area contributed by atoms with Gasteiger partial charge in [0.25, 0.3) is 5.69 Å². The van der Waals surface area contributed by atoms with Crippen LogP contribution >= 0.6 is 0 Å². The van der Waals surface area contributed by atoms with Crippen molar-refractivity contribution in [3.8, 4) is 0 Å². The second kappa shape index (κ2) is 5.64. The normalized spacial score (nSPS) is 21.4. The molecule has 0 radical (unpaired) electrons. The maximum Gasteiger partial charge on any atom is 0.292 e. The Morgan fingerprint density at radius 3 is 2.83 bits per heavy atom. The minimum atomic E-state index is -0.321. The lowest BCUT2D eigenvalue weighted by Gasteiger charge is -2.32. The summed E-state index contributed by atoms with van der Waals surface area (Å²) in [6.45, 7) is 1.50. The molecule has 0 spiro atoms. The van der Waals surface area contributed by atoms with Gasteiger partial charge in [0.05, 0.1) is 4.92 Å². The van der Waals surface area contributed by atoms with Gasteiger partial charge in [0.1, 0.15) is 5.69 Å². The quantitative estimate of drug-likeness (QED) is 0.636. The first kappa shape index (κ1) is 14.2. The van der Waals surface area contributed by atoms with E-state index < -0.39 is 0 Å². The predicted molar refractivity (Wildman–Crippen MR) is 83.6 cm³/mol. The molecule has 2 aliphatic rings. The largest absolute Gasteiger partial charge is 0.365 e. The van der Waals surface area contributed by atoms with E-state index >= 15 is 0 Å². The van der Waals surface area contributed by atoms with Crippen molar-refractivity contribution in [2.45, 2.75) is 37.5 Å². The number of anilines is 1. The third kappa shape index (κ3) is 2.78. The molecule has 1 aliphatic heterocycles. The second-order valence-corrected chi connectivity index (χ2v) is 6.30. The molecule has 1 atom stereocenters. The summed E-state index contributed by atoms with van der Waals surface area (Å²) in [7, 11) is 0. The molecule has 7 nitrogen and oxygen atoms in total. The van der Waals surface area contributed by atoms with Gasteiger partial charge < -0.3 is 9.42 Å². The van der Waals surface area contributed by atoms with Gasteiger partial charge in [-0.3, -0.25) is 10.1 Å². The summed E-state index contributed by atoms with van der Waals surface area (Å²) < 4.78 is 5.36. The topological polar surface area (TPSA) is 85.3 Å². The van der Waals surface area contributed by atoms with Gasteiger partial charge in [-0.1, -0.05) is 17.3 Å². The molecule has 4 rings (SSSR count). The molecule has 1 saturated heterocycles. The maximum absolute atomic E-state index is 11.2. The molecule has 2 aromatic rings. The summed E-state index contributed by atoms with van der Waals surface area (Å²) in [6.07, 6.45) is 4.22. The van der Waals surface area contributed by atoms with Crippen molar-refractivity contribution in [3.63, 3.8) is 0 Å². The maximum atomic E-state index is 11.2. The molecule has 1 aromatic carbocycles. The zero-order valence-electron chi connectivity index (χ0n) is 12.7. The molecule has 7 heteroatoms. The number of piperidine rings is 1. The van der Waals surface area contributed by atoms with Crippen molar-refractivity contribution in [2.75, 3.05) is 18.0 Å². The number of para-hydroxylation sites is 2. The van der Waals surface area contributed by atoms with Crippen LogP contribution in [-0.2, 0) is 0 Å². The van der Waals surface area contributed by atoms with Gasteiger partial charge in [-0.15, -0.1) is 0 Å². The van der Waals surface area contributed by atoms with Crippen molar-refractivity contribution < 1.29 is 9.45 Å². The highest BCUT2D eigenvalue weighted by molar-refractivity contribution is 5.63. The summed E-state index contributed by atoms with van der Waals surface area (Å²) in [6, 6.07) is 6.90. The number of benzene rings is 1. The average molecular weight is 314 g/mol. The van der Waals surface area contributed by atoms with Crippen LogP contribution in [-0.4, -0.2) is 28.2 Å². The smallest absolute Gasteiger partial charge is 0.292 e. The number of nitro groups is 1. The molecular formula is C16H18N4O3. The zero-order chi connectivity index (χ0) is 15.8. The fourth-order valence-corrected chi connectivity index (χ4v) is 3.20. The van der Waals surface area contributed by atoms with Crippen LogP contribution in [0, 0.1) is 10.1 Å². The van der Waals surface area contributed by atoms with E-state index in [2.05, 4.69) is 15.0 Å². The first-order valence-corrected chi connectivity index (χ1v) is 8.04. The van der Waals surface area contributed by atoms with Gasteiger partial charge in [-0.2, -0.15) is 4.98 Å². The summed E-state index contributed by atoms with van der Waals surface area (Å²) in [4.78, 5) is 17.5. The monoisotopic (exact) mass is 314 g/mol. The van der Waals surface area contributed by atoms with E-state index in [1.165, 1.54) is 0 Å². The fraction of sp³-hybridized carbons (Fsp3) is 0.500. The van der Waals surface area contributed by atoms with Crippen LogP contribution in [0.4, 0.5) is 11.4 Å². The van der Waals surface area contributed by atoms with E-state index in [0.717, 1.165) is 43.9 Å². The Kier molecular flexibility index (Phi) is 3.48. The molecule has 23 heavy (non-hydrogen) atoms. The van der Waals surface area contributed by atoms with Gasteiger partial charge >= 0.3 is 0 Å². The summed E-state index contributed by atoms with van der Waals surface area (Å²) in [5.74, 6) is 2.11. The van der Waals surface area contributed by atoms with Crippen LogP contribution in [0.3, 0.4) is 0 Å². The van der Waals surface area contributed by atoms with Crippen LogP contribution in [0.15, 0.2) is 28.8 Å². The van der Waals surface area contributed by atoms with Crippen molar-refractivity contribution in [1.82, 2.24) is 10.1 Å². The lowest BCUT2D eigenvalue weighted by molar-refractivity contribution is -0.384. The van der Waals surface area contributed by atoms with E-state index in [1.54, 1.807) is 12.1 Å². The van der Waals surface area contributed by atoms with Gasteiger partial charge in [0, 0.05) is 31.0 Å². The average Bonchev–Trinajstić information content (AvgIpc) is 3.32. The molecular weight excluding hydrogens is 296 g/mol. The Morgan fingerprint density at radius 2 is 2.04 bits per heavy atom. The molecule has 0 bridgehead atoms. The molecule has 120 valence electrons. The van der Waals surface area contributed by atoms with E-state index in [1.807, 2.05) is 12.1 Å². The Morgan fingerprint density at radius 1 is 1.22 bits per heavy atom. The molecule has 1 aliphatic carbocycles. The fourth-order valence-electron chi connectivity index (χ4n) is 3.20. The Hall–Kier alpha value is -2.44. The van der Waals surface area contributed by atoms with Crippen LogP contribution in [0.25, 0.3) is 0 Å². The van der Waals surface area contributed by atoms with E-state index in [-0.39, 0.29) is 16.5 Å². The van der Waals surface area contributed by atoms with Crippen molar-refractivity contribution in [2.24, 2.45) is 0 Å². The van der Waals surface area contributed by atoms with Gasteiger partial charge in [-0.25, -0.2) is 0 Å². The van der Waals surface area contributed by atoms with E-state index in [0.29, 0.717) is 18.2 Å². The third-order valence-corrected chi connectivity index (χ3v) is 4.59. The van der Waals surface area contributed by atoms with Crippen LogP contribution < -0.4 is 4.90 Å². The summed E-state index contributed by atoms with van der Waals surface area (Å²) in [5, 5.41) is 15.4. The highest BCUT2D eigenvalue weighted by atomic mass is 16.6. The lowest BCUT2D eigenvalue weighted by atomic mass is 9.96. The van der Waals surface area contributed by atoms with Crippen molar-refractivity contribution >= 4 is 11.4 Å². The number of rotatable bonds is 4. The predicted octanol–water partition coefficient (Wildman–Crippen LogP) is 3.24. The highest BCUT2D eigenvalue weighted by Gasteiger charge is 2.33. The molecule has 0 unspecified atom stereocenters. The first-order chi connectivity index (χ1) is 11.2. The summed E-state index contributed by atoms with van der Waals surface area (Å²) >= 11 is 0. The number of hydrogen-bond acceptors (Lipinski definition) is 6. The lowest BCUT2D eigenvalue weighted by Crippen LogP contribution is -2.35. The van der Waals surface area contributed by atoms with Crippen LogP contribution in [0.2, 0.25) is 0 Å². The standard InChI is InChI=1S/C16H18N4O3/c21-20(22)14-6-2-1-5-13(14)19-9-3-4-12(10-19)15-17-16(23-18-15)11-7-8-11/h1-2,5-6,11-12H,3-4,7-10H2/t12-/m0/s1. The second-order valence-electron chi connectivity index (χ2n) is 6.30. The molecule has 2 heterocycles. The number of nitro benzene ring substituents is 1. The zero-order valence-corrected chi connectivity index (χ0v) is 12.7. The SMILES string of the molecule is O=[N+]([O-])c1ccccc1N1CCC[C@H](c2noc(C3CC3)n2)C1. The van der Waals surface area contributed by atoms with Gasteiger partial charge in [0.15, 0.2) is 5.82 Å². The first-order valence-electron chi connectivity index (χ1n) is 8.04. The molecule has 2 fully saturated rings. The van der Waals surface area contributed by atoms with Gasteiger partial charge in [-0.05, 0) is 31.7 Å². The van der Waals surface area contributed by atoms with Crippen molar-refractivity contribution in [3.05, 3.63) is 46.1 Å².